The zero-order chi connectivity index (χ0) is 30.4. The number of carbonyl (C=O) groups excluding carboxylic acids is 2. The zero-order valence-electron chi connectivity index (χ0n) is 23.7. The second kappa shape index (κ2) is 13.7. The predicted molar refractivity (Wildman–Crippen MR) is 166 cm³/mol. The van der Waals surface area contributed by atoms with Gasteiger partial charge in [-0.2, -0.15) is 0 Å². The lowest BCUT2D eigenvalue weighted by Crippen LogP contribution is -2.54. The molecule has 0 saturated heterocycles. The van der Waals surface area contributed by atoms with Crippen molar-refractivity contribution in [3.63, 3.8) is 0 Å². The maximum atomic E-state index is 14.0. The van der Waals surface area contributed by atoms with E-state index in [1.165, 1.54) is 29.2 Å². The first-order chi connectivity index (χ1) is 19.2. The van der Waals surface area contributed by atoms with Gasteiger partial charge in [0.2, 0.25) is 11.8 Å². The van der Waals surface area contributed by atoms with Crippen LogP contribution in [-0.4, -0.2) is 49.9 Å². The van der Waals surface area contributed by atoms with E-state index in [-0.39, 0.29) is 23.0 Å². The van der Waals surface area contributed by atoms with Crippen LogP contribution in [-0.2, 0) is 26.2 Å². The van der Waals surface area contributed by atoms with Crippen LogP contribution in [0.1, 0.15) is 40.2 Å². The van der Waals surface area contributed by atoms with E-state index in [2.05, 4.69) is 21.2 Å². The van der Waals surface area contributed by atoms with Gasteiger partial charge in [0.05, 0.1) is 17.2 Å². The van der Waals surface area contributed by atoms with Crippen LogP contribution in [0.25, 0.3) is 0 Å². The number of rotatable bonds is 11. The van der Waals surface area contributed by atoms with Gasteiger partial charge in [-0.25, -0.2) is 8.42 Å². The molecule has 3 rings (SSSR count). The van der Waals surface area contributed by atoms with Gasteiger partial charge in [0.15, 0.2) is 0 Å². The van der Waals surface area contributed by atoms with Crippen LogP contribution in [0.2, 0.25) is 5.02 Å². The Morgan fingerprint density at radius 2 is 1.66 bits per heavy atom. The standard InChI is InChI=1S/C30H35BrClN3O5S/c1-6-40-26-14-12-25(13-15-26)35(41(38,39)27-16-10-24(32)11-17-27)20-28(36)34(19-22-8-7-9-23(31)18-22)21(2)29(37)33-30(3,4)5/h7-18,21H,6,19-20H2,1-5H3,(H,33,37). The maximum Gasteiger partial charge on any atom is 0.264 e. The van der Waals surface area contributed by atoms with Gasteiger partial charge in [-0.1, -0.05) is 39.7 Å². The molecule has 0 bridgehead atoms. The predicted octanol–water partition coefficient (Wildman–Crippen LogP) is 6.03. The van der Waals surface area contributed by atoms with Gasteiger partial charge in [-0.3, -0.25) is 13.9 Å². The number of nitrogens with zero attached hydrogens (tertiary/aromatic N) is 2. The minimum absolute atomic E-state index is 0.0272. The van der Waals surface area contributed by atoms with Crippen molar-refractivity contribution in [1.29, 1.82) is 0 Å². The number of benzene rings is 3. The van der Waals surface area contributed by atoms with Crippen molar-refractivity contribution in [2.75, 3.05) is 17.5 Å². The number of anilines is 1. The molecule has 0 aliphatic heterocycles. The lowest BCUT2D eigenvalue weighted by Gasteiger charge is -2.33. The highest BCUT2D eigenvalue weighted by atomic mass is 79.9. The lowest BCUT2D eigenvalue weighted by atomic mass is 10.1. The Hall–Kier alpha value is -3.08. The van der Waals surface area contributed by atoms with Gasteiger partial charge in [0.25, 0.3) is 10.0 Å². The van der Waals surface area contributed by atoms with E-state index in [1.54, 1.807) is 31.2 Å². The summed E-state index contributed by atoms with van der Waals surface area (Å²) in [7, 11) is -4.20. The molecule has 220 valence electrons. The number of hydrogen-bond acceptors (Lipinski definition) is 5. The molecule has 3 aromatic carbocycles. The van der Waals surface area contributed by atoms with Gasteiger partial charge in [-0.15, -0.1) is 0 Å². The smallest absolute Gasteiger partial charge is 0.264 e. The van der Waals surface area contributed by atoms with Crippen molar-refractivity contribution in [2.45, 2.75) is 57.6 Å². The Kier molecular flexibility index (Phi) is 10.9. The molecule has 0 radical (unpaired) electrons. The molecule has 0 aliphatic rings. The van der Waals surface area contributed by atoms with E-state index in [0.717, 1.165) is 14.3 Å². The molecule has 0 spiro atoms. The number of sulfonamides is 1. The summed E-state index contributed by atoms with van der Waals surface area (Å²) in [6.45, 7) is 9.03. The van der Waals surface area contributed by atoms with Crippen molar-refractivity contribution >= 4 is 55.1 Å². The molecule has 8 nitrogen and oxygen atoms in total. The van der Waals surface area contributed by atoms with Gasteiger partial charge >= 0.3 is 0 Å². The Morgan fingerprint density at radius 1 is 1.02 bits per heavy atom. The molecule has 2 amide bonds. The molecule has 11 heteroatoms. The quantitative estimate of drug-likeness (QED) is 0.270. The van der Waals surface area contributed by atoms with E-state index >= 15 is 0 Å². The summed E-state index contributed by atoms with van der Waals surface area (Å²) >= 11 is 9.46. The summed E-state index contributed by atoms with van der Waals surface area (Å²) in [5.74, 6) is -0.336. The third-order valence-corrected chi connectivity index (χ3v) is 8.56. The molecule has 1 N–H and O–H groups in total. The molecular formula is C30H35BrClN3O5S. The summed E-state index contributed by atoms with van der Waals surface area (Å²) in [6.07, 6.45) is 0. The van der Waals surface area contributed by atoms with Crippen LogP contribution in [0.3, 0.4) is 0 Å². The lowest BCUT2D eigenvalue weighted by molar-refractivity contribution is -0.140. The summed E-state index contributed by atoms with van der Waals surface area (Å²) < 4.78 is 35.2. The molecule has 0 heterocycles. The molecule has 0 aromatic heterocycles. The van der Waals surface area contributed by atoms with Crippen LogP contribution >= 0.6 is 27.5 Å². The summed E-state index contributed by atoms with van der Waals surface area (Å²) in [6, 6.07) is 18.7. The Bertz CT molecular complexity index is 1460. The normalized spacial score (nSPS) is 12.4. The molecule has 41 heavy (non-hydrogen) atoms. The number of nitrogens with one attached hydrogen (secondary N) is 1. The number of amides is 2. The van der Waals surface area contributed by atoms with E-state index in [9.17, 15) is 18.0 Å². The number of carbonyl (C=O) groups is 2. The SMILES string of the molecule is CCOc1ccc(N(CC(=O)N(Cc2cccc(Br)c2)C(C)C(=O)NC(C)(C)C)S(=O)(=O)c2ccc(Cl)cc2)cc1. The molecule has 3 aromatic rings. The van der Waals surface area contributed by atoms with Crippen molar-refractivity contribution < 1.29 is 22.7 Å². The van der Waals surface area contributed by atoms with Crippen LogP contribution in [0.5, 0.6) is 5.75 Å². The maximum absolute atomic E-state index is 14.0. The van der Waals surface area contributed by atoms with Crippen molar-refractivity contribution in [3.8, 4) is 5.75 Å². The third-order valence-electron chi connectivity index (χ3n) is 6.02. The van der Waals surface area contributed by atoms with Gasteiger partial charge in [0, 0.05) is 21.6 Å². The Morgan fingerprint density at radius 3 is 2.22 bits per heavy atom. The average Bonchev–Trinajstić information content (AvgIpc) is 2.90. The van der Waals surface area contributed by atoms with Gasteiger partial charge in [-0.05, 0) is 101 Å². The molecule has 1 unspecified atom stereocenters. The first-order valence-corrected chi connectivity index (χ1v) is 15.7. The number of hydrogen-bond donors (Lipinski definition) is 1. The molecule has 1 atom stereocenters. The highest BCUT2D eigenvalue weighted by Crippen LogP contribution is 2.27. The zero-order valence-corrected chi connectivity index (χ0v) is 26.9. The molecular weight excluding hydrogens is 630 g/mol. The van der Waals surface area contributed by atoms with E-state index in [1.807, 2.05) is 52.0 Å². The highest BCUT2D eigenvalue weighted by molar-refractivity contribution is 9.10. The Balaban J connectivity index is 2.04. The second-order valence-corrected chi connectivity index (χ2v) is 13.7. The number of halogens is 2. The van der Waals surface area contributed by atoms with Crippen LogP contribution in [0.4, 0.5) is 5.69 Å². The van der Waals surface area contributed by atoms with E-state index in [4.69, 9.17) is 16.3 Å². The van der Waals surface area contributed by atoms with Crippen molar-refractivity contribution in [1.82, 2.24) is 10.2 Å². The largest absolute Gasteiger partial charge is 0.494 e. The minimum Gasteiger partial charge on any atom is -0.494 e. The topological polar surface area (TPSA) is 96.0 Å². The van der Waals surface area contributed by atoms with E-state index in [0.29, 0.717) is 17.4 Å². The number of ether oxygens (including phenoxy) is 1. The first-order valence-electron chi connectivity index (χ1n) is 13.1. The fourth-order valence-electron chi connectivity index (χ4n) is 4.03. The third kappa shape index (κ3) is 8.95. The van der Waals surface area contributed by atoms with Gasteiger partial charge in [0.1, 0.15) is 18.3 Å². The minimum atomic E-state index is -4.20. The van der Waals surface area contributed by atoms with Gasteiger partial charge < -0.3 is 15.0 Å². The highest BCUT2D eigenvalue weighted by Gasteiger charge is 2.33. The van der Waals surface area contributed by atoms with Crippen LogP contribution < -0.4 is 14.4 Å². The Labute approximate surface area is 255 Å². The van der Waals surface area contributed by atoms with Crippen molar-refractivity contribution in [2.24, 2.45) is 0 Å². The van der Waals surface area contributed by atoms with Crippen molar-refractivity contribution in [3.05, 3.63) is 87.9 Å². The summed E-state index contributed by atoms with van der Waals surface area (Å²) in [5, 5.41) is 3.30. The van der Waals surface area contributed by atoms with Crippen LogP contribution in [0.15, 0.2) is 82.2 Å². The fraction of sp³-hybridized carbons (Fsp3) is 0.333. The average molecular weight is 665 g/mol. The summed E-state index contributed by atoms with van der Waals surface area (Å²) in [5.41, 5.74) is 0.518. The molecule has 0 aliphatic carbocycles. The molecule has 0 saturated carbocycles. The monoisotopic (exact) mass is 663 g/mol. The van der Waals surface area contributed by atoms with Crippen LogP contribution in [0, 0.1) is 0 Å². The fourth-order valence-corrected chi connectivity index (χ4v) is 6.01. The molecule has 0 fully saturated rings. The second-order valence-electron chi connectivity index (χ2n) is 10.5. The summed E-state index contributed by atoms with van der Waals surface area (Å²) in [4.78, 5) is 28.6. The van der Waals surface area contributed by atoms with E-state index < -0.39 is 34.1 Å². The first kappa shape index (κ1) is 32.4.